The molecular formula is C12H20N4OS. The molecule has 1 amide bonds. The van der Waals surface area contributed by atoms with E-state index in [0.29, 0.717) is 17.6 Å². The van der Waals surface area contributed by atoms with E-state index in [1.54, 1.807) is 0 Å². The molecule has 1 aromatic rings. The van der Waals surface area contributed by atoms with Crippen molar-refractivity contribution in [3.05, 3.63) is 11.1 Å². The summed E-state index contributed by atoms with van der Waals surface area (Å²) in [6.07, 6.45) is 0.368. The van der Waals surface area contributed by atoms with Crippen molar-refractivity contribution in [3.8, 4) is 0 Å². The molecule has 1 fully saturated rings. The number of nitrogens with two attached hydrogens (primary N) is 1. The minimum Gasteiger partial charge on any atom is -0.375 e. The van der Waals surface area contributed by atoms with Gasteiger partial charge in [-0.3, -0.25) is 9.69 Å². The van der Waals surface area contributed by atoms with Gasteiger partial charge in [0.2, 0.25) is 5.91 Å². The number of piperazine rings is 1. The van der Waals surface area contributed by atoms with Crippen LogP contribution in [0.15, 0.2) is 5.38 Å². The molecule has 1 aliphatic heterocycles. The van der Waals surface area contributed by atoms with Crippen LogP contribution in [0.2, 0.25) is 0 Å². The number of anilines is 1. The van der Waals surface area contributed by atoms with Gasteiger partial charge in [-0.1, -0.05) is 6.92 Å². The summed E-state index contributed by atoms with van der Waals surface area (Å²) >= 11 is 1.39. The number of thiazole rings is 1. The average molecular weight is 268 g/mol. The van der Waals surface area contributed by atoms with E-state index < -0.39 is 0 Å². The highest BCUT2D eigenvalue weighted by atomic mass is 32.1. The molecule has 2 N–H and O–H groups in total. The lowest BCUT2D eigenvalue weighted by Gasteiger charge is -2.39. The summed E-state index contributed by atoms with van der Waals surface area (Å²) in [5.74, 6) is 0.155. The number of nitrogen functional groups attached to an aromatic ring is 1. The Morgan fingerprint density at radius 1 is 1.61 bits per heavy atom. The van der Waals surface area contributed by atoms with E-state index in [1.165, 1.54) is 11.3 Å². The quantitative estimate of drug-likeness (QED) is 0.881. The minimum atomic E-state index is 0.155. The zero-order chi connectivity index (χ0) is 13.1. The fourth-order valence-corrected chi connectivity index (χ4v) is 2.92. The Hall–Kier alpha value is -1.14. The number of likely N-dealkylation sites (N-methyl/N-ethyl adjacent to an activating group) is 1. The number of aromatic nitrogens is 1. The van der Waals surface area contributed by atoms with Gasteiger partial charge in [0.1, 0.15) is 0 Å². The fraction of sp³-hybridized carbons (Fsp3) is 0.667. The topological polar surface area (TPSA) is 62.5 Å². The lowest BCUT2D eigenvalue weighted by Crippen LogP contribution is -2.53. The zero-order valence-electron chi connectivity index (χ0n) is 10.9. The Bertz CT molecular complexity index is 420. The van der Waals surface area contributed by atoms with Crippen LogP contribution in [0.1, 0.15) is 19.5 Å². The van der Waals surface area contributed by atoms with E-state index in [4.69, 9.17) is 5.73 Å². The second-order valence-corrected chi connectivity index (χ2v) is 5.56. The molecule has 1 aromatic heterocycles. The van der Waals surface area contributed by atoms with Gasteiger partial charge in [0.15, 0.2) is 5.13 Å². The maximum atomic E-state index is 12.1. The lowest BCUT2D eigenvalue weighted by molar-refractivity contribution is -0.133. The molecule has 2 rings (SSSR count). The van der Waals surface area contributed by atoms with Crippen molar-refractivity contribution in [2.24, 2.45) is 0 Å². The number of nitrogens with zero attached hydrogens (tertiary/aromatic N) is 3. The number of carbonyl (C=O) groups excluding carboxylic acids is 1. The fourth-order valence-electron chi connectivity index (χ4n) is 2.36. The first kappa shape index (κ1) is 13.3. The number of hydrogen-bond acceptors (Lipinski definition) is 5. The van der Waals surface area contributed by atoms with Gasteiger partial charge in [0.05, 0.1) is 12.1 Å². The second kappa shape index (κ2) is 5.67. The number of carbonyl (C=O) groups is 1. The van der Waals surface area contributed by atoms with Crippen molar-refractivity contribution in [1.29, 1.82) is 0 Å². The lowest BCUT2D eigenvalue weighted by atomic mass is 10.1. The molecule has 5 nitrogen and oxygen atoms in total. The van der Waals surface area contributed by atoms with Gasteiger partial charge in [-0.25, -0.2) is 4.98 Å². The van der Waals surface area contributed by atoms with Gasteiger partial charge >= 0.3 is 0 Å². The highest BCUT2D eigenvalue weighted by Crippen LogP contribution is 2.14. The molecule has 18 heavy (non-hydrogen) atoms. The normalized spacial score (nSPS) is 21.2. The molecule has 1 unspecified atom stereocenters. The largest absolute Gasteiger partial charge is 0.375 e. The predicted octanol–water partition coefficient (Wildman–Crippen LogP) is 0.820. The van der Waals surface area contributed by atoms with Crippen LogP contribution in [0.25, 0.3) is 0 Å². The summed E-state index contributed by atoms with van der Waals surface area (Å²) < 4.78 is 0. The molecule has 6 heteroatoms. The Morgan fingerprint density at radius 2 is 2.39 bits per heavy atom. The van der Waals surface area contributed by atoms with Crippen molar-refractivity contribution in [2.45, 2.75) is 26.3 Å². The monoisotopic (exact) mass is 268 g/mol. The first-order valence-corrected chi connectivity index (χ1v) is 7.19. The van der Waals surface area contributed by atoms with Crippen molar-refractivity contribution in [3.63, 3.8) is 0 Å². The first-order chi connectivity index (χ1) is 8.60. The van der Waals surface area contributed by atoms with Crippen molar-refractivity contribution in [1.82, 2.24) is 14.8 Å². The smallest absolute Gasteiger partial charge is 0.228 e. The van der Waals surface area contributed by atoms with Crippen LogP contribution in [0.5, 0.6) is 0 Å². The van der Waals surface area contributed by atoms with Gasteiger partial charge < -0.3 is 10.6 Å². The van der Waals surface area contributed by atoms with Crippen molar-refractivity contribution in [2.75, 3.05) is 31.9 Å². The molecule has 1 saturated heterocycles. The summed E-state index contributed by atoms with van der Waals surface area (Å²) in [6.45, 7) is 7.97. The molecule has 100 valence electrons. The molecule has 0 bridgehead atoms. The highest BCUT2D eigenvalue weighted by Gasteiger charge is 2.25. The predicted molar refractivity (Wildman–Crippen MR) is 73.5 cm³/mol. The van der Waals surface area contributed by atoms with Crippen LogP contribution in [0.3, 0.4) is 0 Å². The van der Waals surface area contributed by atoms with Gasteiger partial charge in [-0.05, 0) is 13.5 Å². The molecular weight excluding hydrogens is 248 g/mol. The third kappa shape index (κ3) is 3.00. The van der Waals surface area contributed by atoms with E-state index in [-0.39, 0.29) is 5.91 Å². The number of hydrogen-bond donors (Lipinski definition) is 1. The van der Waals surface area contributed by atoms with Gasteiger partial charge in [0, 0.05) is 31.1 Å². The van der Waals surface area contributed by atoms with Crippen LogP contribution in [-0.4, -0.2) is 52.9 Å². The van der Waals surface area contributed by atoms with Crippen LogP contribution in [-0.2, 0) is 11.2 Å². The van der Waals surface area contributed by atoms with Crippen LogP contribution in [0.4, 0.5) is 5.13 Å². The molecule has 1 aliphatic rings. The maximum Gasteiger partial charge on any atom is 0.228 e. The summed E-state index contributed by atoms with van der Waals surface area (Å²) in [4.78, 5) is 20.6. The maximum absolute atomic E-state index is 12.1. The molecule has 0 saturated carbocycles. The van der Waals surface area contributed by atoms with E-state index in [9.17, 15) is 4.79 Å². The van der Waals surface area contributed by atoms with Crippen LogP contribution < -0.4 is 5.73 Å². The molecule has 0 aliphatic carbocycles. The van der Waals surface area contributed by atoms with Crippen LogP contribution >= 0.6 is 11.3 Å². The number of amides is 1. The molecule has 2 heterocycles. The average Bonchev–Trinajstić information content (AvgIpc) is 2.74. The summed E-state index contributed by atoms with van der Waals surface area (Å²) in [7, 11) is 0. The third-order valence-corrected chi connectivity index (χ3v) is 4.15. The standard InChI is InChI=1S/C12H20N4OS/c1-3-15-4-5-16(7-9(15)2)11(17)6-10-8-18-12(13)14-10/h8-9H,3-7H2,1-2H3,(H2,13,14). The molecule has 0 radical (unpaired) electrons. The van der Waals surface area contributed by atoms with Gasteiger partial charge in [-0.15, -0.1) is 11.3 Å². The summed E-state index contributed by atoms with van der Waals surface area (Å²) in [6, 6.07) is 0.438. The van der Waals surface area contributed by atoms with Gasteiger partial charge in [0.25, 0.3) is 0 Å². The van der Waals surface area contributed by atoms with E-state index >= 15 is 0 Å². The SMILES string of the molecule is CCN1CCN(C(=O)Cc2csc(N)n2)CC1C. The second-order valence-electron chi connectivity index (χ2n) is 4.67. The Morgan fingerprint density at radius 3 is 2.94 bits per heavy atom. The Balaban J connectivity index is 1.90. The van der Waals surface area contributed by atoms with Crippen LogP contribution in [0, 0.1) is 0 Å². The third-order valence-electron chi connectivity index (χ3n) is 3.43. The summed E-state index contributed by atoms with van der Waals surface area (Å²) in [5.41, 5.74) is 6.35. The van der Waals surface area contributed by atoms with E-state index in [2.05, 4.69) is 23.7 Å². The molecule has 1 atom stereocenters. The Labute approximate surface area is 112 Å². The molecule has 0 aromatic carbocycles. The first-order valence-electron chi connectivity index (χ1n) is 6.32. The minimum absolute atomic E-state index is 0.155. The summed E-state index contributed by atoms with van der Waals surface area (Å²) in [5, 5.41) is 2.39. The number of rotatable bonds is 3. The van der Waals surface area contributed by atoms with Crippen molar-refractivity contribution < 1.29 is 4.79 Å². The van der Waals surface area contributed by atoms with Crippen molar-refractivity contribution >= 4 is 22.4 Å². The Kier molecular flexibility index (Phi) is 4.19. The van der Waals surface area contributed by atoms with Gasteiger partial charge in [-0.2, -0.15) is 0 Å². The van der Waals surface area contributed by atoms with E-state index in [0.717, 1.165) is 31.9 Å². The van der Waals surface area contributed by atoms with E-state index in [1.807, 2.05) is 10.3 Å². The highest BCUT2D eigenvalue weighted by molar-refractivity contribution is 7.13. The zero-order valence-corrected chi connectivity index (χ0v) is 11.7. The molecule has 0 spiro atoms.